The van der Waals surface area contributed by atoms with Crippen LogP contribution in [-0.4, -0.2) is 7.11 Å². The summed E-state index contributed by atoms with van der Waals surface area (Å²) in [6.45, 7) is 6.62. The fraction of sp³-hybridized carbons (Fsp3) is 0.600. The average Bonchev–Trinajstić information content (AvgIpc) is 2.23. The SMILES string of the molecule is COc1c(C(C)(C)C)cccc1C1(N)CCC1. The molecule has 2 N–H and O–H groups in total. The van der Waals surface area contributed by atoms with E-state index in [9.17, 15) is 0 Å². The van der Waals surface area contributed by atoms with Gasteiger partial charge in [-0.2, -0.15) is 0 Å². The standard InChI is InChI=1S/C15H23NO/c1-14(2,3)11-7-5-8-12(13(11)17-4)15(16)9-6-10-15/h5,7-8H,6,9-10,16H2,1-4H3. The monoisotopic (exact) mass is 233 g/mol. The molecule has 0 aliphatic heterocycles. The van der Waals surface area contributed by atoms with Crippen molar-refractivity contribution in [1.29, 1.82) is 0 Å². The van der Waals surface area contributed by atoms with Crippen LogP contribution < -0.4 is 10.5 Å². The summed E-state index contributed by atoms with van der Waals surface area (Å²) in [6.07, 6.45) is 3.35. The van der Waals surface area contributed by atoms with Crippen LogP contribution in [0, 0.1) is 0 Å². The molecule has 0 heterocycles. The molecule has 0 atom stereocenters. The highest BCUT2D eigenvalue weighted by atomic mass is 16.5. The van der Waals surface area contributed by atoms with Crippen molar-refractivity contribution in [2.45, 2.75) is 51.0 Å². The molecule has 2 nitrogen and oxygen atoms in total. The van der Waals surface area contributed by atoms with E-state index in [2.05, 4.69) is 39.0 Å². The first-order valence-electron chi connectivity index (χ1n) is 6.35. The summed E-state index contributed by atoms with van der Waals surface area (Å²) in [4.78, 5) is 0. The Bertz CT molecular complexity index is 413. The van der Waals surface area contributed by atoms with Crippen molar-refractivity contribution < 1.29 is 4.74 Å². The molecule has 0 bridgehead atoms. The molecule has 1 aromatic rings. The van der Waals surface area contributed by atoms with Crippen LogP contribution in [0.2, 0.25) is 0 Å². The Kier molecular flexibility index (Phi) is 2.94. The van der Waals surface area contributed by atoms with Crippen molar-refractivity contribution >= 4 is 0 Å². The van der Waals surface area contributed by atoms with Gasteiger partial charge in [-0.25, -0.2) is 0 Å². The molecule has 1 aliphatic rings. The van der Waals surface area contributed by atoms with E-state index in [-0.39, 0.29) is 11.0 Å². The van der Waals surface area contributed by atoms with Crippen molar-refractivity contribution in [1.82, 2.24) is 0 Å². The van der Waals surface area contributed by atoms with Gasteiger partial charge >= 0.3 is 0 Å². The van der Waals surface area contributed by atoms with Crippen LogP contribution in [-0.2, 0) is 11.0 Å². The van der Waals surface area contributed by atoms with Crippen LogP contribution in [0.3, 0.4) is 0 Å². The predicted molar refractivity (Wildman–Crippen MR) is 71.4 cm³/mol. The van der Waals surface area contributed by atoms with Gasteiger partial charge in [-0.05, 0) is 30.2 Å². The molecular weight excluding hydrogens is 210 g/mol. The number of methoxy groups -OCH3 is 1. The fourth-order valence-electron chi connectivity index (χ4n) is 2.57. The van der Waals surface area contributed by atoms with E-state index in [1.165, 1.54) is 17.5 Å². The van der Waals surface area contributed by atoms with Crippen molar-refractivity contribution in [2.75, 3.05) is 7.11 Å². The van der Waals surface area contributed by atoms with E-state index in [0.29, 0.717) is 0 Å². The van der Waals surface area contributed by atoms with E-state index in [1.54, 1.807) is 7.11 Å². The number of hydrogen-bond acceptors (Lipinski definition) is 2. The highest BCUT2D eigenvalue weighted by Gasteiger charge is 2.38. The zero-order valence-electron chi connectivity index (χ0n) is 11.3. The van der Waals surface area contributed by atoms with Crippen LogP contribution in [0.15, 0.2) is 18.2 Å². The molecule has 0 unspecified atom stereocenters. The second-order valence-corrected chi connectivity index (χ2v) is 6.15. The zero-order chi connectivity index (χ0) is 12.7. The van der Waals surface area contributed by atoms with Crippen molar-refractivity contribution in [3.8, 4) is 5.75 Å². The minimum absolute atomic E-state index is 0.0848. The van der Waals surface area contributed by atoms with Crippen molar-refractivity contribution in [2.24, 2.45) is 5.73 Å². The number of benzene rings is 1. The average molecular weight is 233 g/mol. The maximum atomic E-state index is 6.43. The summed E-state index contributed by atoms with van der Waals surface area (Å²) in [6, 6.07) is 6.36. The third kappa shape index (κ3) is 2.06. The van der Waals surface area contributed by atoms with E-state index < -0.39 is 0 Å². The van der Waals surface area contributed by atoms with Crippen LogP contribution in [0.25, 0.3) is 0 Å². The lowest BCUT2D eigenvalue weighted by atomic mass is 9.71. The third-order valence-electron chi connectivity index (χ3n) is 3.81. The Morgan fingerprint density at radius 2 is 1.88 bits per heavy atom. The van der Waals surface area contributed by atoms with Gasteiger partial charge in [0.1, 0.15) is 5.75 Å². The van der Waals surface area contributed by atoms with Gasteiger partial charge in [0.15, 0.2) is 0 Å². The summed E-state index contributed by atoms with van der Waals surface area (Å²) in [5.41, 5.74) is 8.78. The van der Waals surface area contributed by atoms with Gasteiger partial charge in [0.25, 0.3) is 0 Å². The maximum absolute atomic E-state index is 6.43. The molecule has 1 saturated carbocycles. The van der Waals surface area contributed by atoms with Crippen LogP contribution in [0.1, 0.15) is 51.2 Å². The lowest BCUT2D eigenvalue weighted by Crippen LogP contribution is -2.43. The van der Waals surface area contributed by atoms with Gasteiger partial charge in [-0.3, -0.25) is 0 Å². The molecule has 0 saturated heterocycles. The summed E-state index contributed by atoms with van der Waals surface area (Å²) in [7, 11) is 1.75. The molecule has 2 rings (SSSR count). The molecule has 0 aromatic heterocycles. The molecule has 94 valence electrons. The largest absolute Gasteiger partial charge is 0.496 e. The smallest absolute Gasteiger partial charge is 0.127 e. The van der Waals surface area contributed by atoms with Crippen LogP contribution >= 0.6 is 0 Å². The quantitative estimate of drug-likeness (QED) is 0.850. The lowest BCUT2D eigenvalue weighted by Gasteiger charge is -2.40. The van der Waals surface area contributed by atoms with E-state index in [4.69, 9.17) is 10.5 Å². The maximum Gasteiger partial charge on any atom is 0.127 e. The first-order chi connectivity index (χ1) is 7.88. The highest BCUT2D eigenvalue weighted by molar-refractivity contribution is 5.49. The van der Waals surface area contributed by atoms with Gasteiger partial charge < -0.3 is 10.5 Å². The summed E-state index contributed by atoms with van der Waals surface area (Å²) in [5, 5.41) is 0. The van der Waals surface area contributed by atoms with E-state index >= 15 is 0 Å². The Balaban J connectivity index is 2.54. The number of ether oxygens (including phenoxy) is 1. The van der Waals surface area contributed by atoms with Crippen molar-refractivity contribution in [3.05, 3.63) is 29.3 Å². The fourth-order valence-corrected chi connectivity index (χ4v) is 2.57. The number of rotatable bonds is 2. The molecule has 0 amide bonds. The normalized spacial score (nSPS) is 18.6. The van der Waals surface area contributed by atoms with Crippen molar-refractivity contribution in [3.63, 3.8) is 0 Å². The highest BCUT2D eigenvalue weighted by Crippen LogP contribution is 2.45. The topological polar surface area (TPSA) is 35.2 Å². The first kappa shape index (κ1) is 12.4. The molecule has 17 heavy (non-hydrogen) atoms. The molecule has 2 heteroatoms. The van der Waals surface area contributed by atoms with Crippen LogP contribution in [0.4, 0.5) is 0 Å². The zero-order valence-corrected chi connectivity index (χ0v) is 11.3. The van der Waals surface area contributed by atoms with Gasteiger partial charge in [0.05, 0.1) is 7.11 Å². The second-order valence-electron chi connectivity index (χ2n) is 6.15. The van der Waals surface area contributed by atoms with Gasteiger partial charge in [-0.15, -0.1) is 0 Å². The van der Waals surface area contributed by atoms with E-state index in [1.807, 2.05) is 0 Å². The predicted octanol–water partition coefficient (Wildman–Crippen LogP) is 3.33. The molecular formula is C15H23NO. The van der Waals surface area contributed by atoms with E-state index in [0.717, 1.165) is 18.6 Å². The summed E-state index contributed by atoms with van der Waals surface area (Å²) < 4.78 is 5.65. The minimum atomic E-state index is -0.160. The second kappa shape index (κ2) is 4.02. The first-order valence-corrected chi connectivity index (χ1v) is 6.35. The minimum Gasteiger partial charge on any atom is -0.496 e. The molecule has 1 aromatic carbocycles. The Morgan fingerprint density at radius 3 is 2.29 bits per heavy atom. The molecule has 1 aliphatic carbocycles. The molecule has 0 spiro atoms. The lowest BCUT2D eigenvalue weighted by molar-refractivity contribution is 0.242. The Hall–Kier alpha value is -1.02. The van der Waals surface area contributed by atoms with Gasteiger partial charge in [0, 0.05) is 11.1 Å². The Labute approximate surface area is 104 Å². The molecule has 0 radical (unpaired) electrons. The summed E-state index contributed by atoms with van der Waals surface area (Å²) >= 11 is 0. The number of nitrogens with two attached hydrogens (primary N) is 1. The number of para-hydroxylation sites is 1. The third-order valence-corrected chi connectivity index (χ3v) is 3.81. The van der Waals surface area contributed by atoms with Gasteiger partial charge in [0.2, 0.25) is 0 Å². The summed E-state index contributed by atoms with van der Waals surface area (Å²) in [5.74, 6) is 0.988. The van der Waals surface area contributed by atoms with Gasteiger partial charge in [-0.1, -0.05) is 39.0 Å². The molecule has 1 fully saturated rings. The Morgan fingerprint density at radius 1 is 1.24 bits per heavy atom. The van der Waals surface area contributed by atoms with Crippen LogP contribution in [0.5, 0.6) is 5.75 Å². The number of hydrogen-bond donors (Lipinski definition) is 1.